The normalized spacial score (nSPS) is 12.2. The summed E-state index contributed by atoms with van der Waals surface area (Å²) in [4.78, 5) is 0. The Kier molecular flexibility index (Phi) is 5.18. The molecule has 0 amide bonds. The number of benzene rings is 2. The number of halogens is 3. The molecule has 0 saturated carbocycles. The second-order valence-electron chi connectivity index (χ2n) is 4.35. The molecule has 0 radical (unpaired) electrons. The molecule has 2 nitrogen and oxygen atoms in total. The molecule has 2 aromatic carbocycles. The van der Waals surface area contributed by atoms with Crippen molar-refractivity contribution in [1.82, 2.24) is 0 Å². The van der Waals surface area contributed by atoms with Gasteiger partial charge in [0.05, 0.1) is 17.7 Å². The highest BCUT2D eigenvalue weighted by molar-refractivity contribution is 9.10. The molecule has 0 bridgehead atoms. The number of hydrogen-bond donors (Lipinski definition) is 1. The van der Waals surface area contributed by atoms with Crippen molar-refractivity contribution in [2.24, 2.45) is 0 Å². The molecule has 0 aromatic heterocycles. The van der Waals surface area contributed by atoms with Crippen LogP contribution in [0.1, 0.15) is 17.2 Å². The molecule has 1 N–H and O–H groups in total. The summed E-state index contributed by atoms with van der Waals surface area (Å²) in [6, 6.07) is 9.91. The number of methoxy groups -OCH3 is 1. The van der Waals surface area contributed by atoms with Crippen molar-refractivity contribution >= 4 is 31.9 Å². The maximum absolute atomic E-state index is 13.0. The first kappa shape index (κ1) is 15.5. The number of rotatable bonds is 4. The monoisotopic (exact) mass is 402 g/mol. The molecule has 1 atom stereocenters. The van der Waals surface area contributed by atoms with Crippen LogP contribution in [0.5, 0.6) is 5.75 Å². The Morgan fingerprint density at radius 2 is 1.90 bits per heavy atom. The standard InChI is InChI=1S/C15H13Br2FO2/c1-20-15-5-2-9(6-13(15)17)7-14(19)11-4-3-10(18)8-12(11)16/h2-6,8,14,19H,7H2,1H3. The zero-order valence-electron chi connectivity index (χ0n) is 10.7. The van der Waals surface area contributed by atoms with Gasteiger partial charge >= 0.3 is 0 Å². The van der Waals surface area contributed by atoms with Crippen LogP contribution in [0.4, 0.5) is 4.39 Å². The topological polar surface area (TPSA) is 29.5 Å². The minimum atomic E-state index is -0.703. The van der Waals surface area contributed by atoms with Gasteiger partial charge in [0.25, 0.3) is 0 Å². The molecule has 0 spiro atoms. The van der Waals surface area contributed by atoms with Crippen LogP contribution in [0.15, 0.2) is 45.3 Å². The van der Waals surface area contributed by atoms with E-state index in [0.29, 0.717) is 16.5 Å². The average molecular weight is 404 g/mol. The lowest BCUT2D eigenvalue weighted by Crippen LogP contribution is -2.03. The molecular formula is C15H13Br2FO2. The Balaban J connectivity index is 2.18. The van der Waals surface area contributed by atoms with Gasteiger partial charge in [-0.05, 0) is 51.3 Å². The van der Waals surface area contributed by atoms with E-state index in [1.807, 2.05) is 18.2 Å². The zero-order chi connectivity index (χ0) is 14.7. The van der Waals surface area contributed by atoms with E-state index in [0.717, 1.165) is 15.8 Å². The van der Waals surface area contributed by atoms with Crippen LogP contribution in [-0.4, -0.2) is 12.2 Å². The molecular weight excluding hydrogens is 391 g/mol. The summed E-state index contributed by atoms with van der Waals surface area (Å²) in [5.41, 5.74) is 1.62. The third-order valence-electron chi connectivity index (χ3n) is 2.97. The summed E-state index contributed by atoms with van der Waals surface area (Å²) in [5, 5.41) is 10.3. The van der Waals surface area contributed by atoms with Crippen molar-refractivity contribution in [1.29, 1.82) is 0 Å². The number of aliphatic hydroxyl groups excluding tert-OH is 1. The van der Waals surface area contributed by atoms with Gasteiger partial charge in [0, 0.05) is 10.9 Å². The molecule has 20 heavy (non-hydrogen) atoms. The lowest BCUT2D eigenvalue weighted by atomic mass is 10.0. The van der Waals surface area contributed by atoms with Crippen molar-refractivity contribution in [3.63, 3.8) is 0 Å². The first-order chi connectivity index (χ1) is 9.51. The summed E-state index contributed by atoms with van der Waals surface area (Å²) in [6.45, 7) is 0. The Hall–Kier alpha value is -0.910. The van der Waals surface area contributed by atoms with E-state index < -0.39 is 6.10 Å². The summed E-state index contributed by atoms with van der Waals surface area (Å²) in [6.07, 6.45) is -0.266. The van der Waals surface area contributed by atoms with E-state index in [4.69, 9.17) is 4.74 Å². The van der Waals surface area contributed by atoms with E-state index in [9.17, 15) is 9.50 Å². The first-order valence-corrected chi connectivity index (χ1v) is 7.55. The maximum atomic E-state index is 13.0. The molecule has 106 valence electrons. The Morgan fingerprint density at radius 3 is 2.50 bits per heavy atom. The second-order valence-corrected chi connectivity index (χ2v) is 6.06. The predicted octanol–water partition coefficient (Wildman–Crippen LogP) is 4.64. The fourth-order valence-corrected chi connectivity index (χ4v) is 3.14. The first-order valence-electron chi connectivity index (χ1n) is 5.96. The summed E-state index contributed by atoms with van der Waals surface area (Å²) in [5.74, 6) is 0.409. The van der Waals surface area contributed by atoms with E-state index >= 15 is 0 Å². The summed E-state index contributed by atoms with van der Waals surface area (Å²) in [7, 11) is 1.60. The molecule has 5 heteroatoms. The highest BCUT2D eigenvalue weighted by Gasteiger charge is 2.13. The molecule has 0 saturated heterocycles. The lowest BCUT2D eigenvalue weighted by molar-refractivity contribution is 0.177. The number of hydrogen-bond acceptors (Lipinski definition) is 2. The van der Waals surface area contributed by atoms with Gasteiger partial charge in [-0.3, -0.25) is 0 Å². The van der Waals surface area contributed by atoms with Crippen molar-refractivity contribution in [2.75, 3.05) is 7.11 Å². The van der Waals surface area contributed by atoms with Crippen molar-refractivity contribution < 1.29 is 14.2 Å². The van der Waals surface area contributed by atoms with Crippen molar-refractivity contribution in [3.8, 4) is 5.75 Å². The number of ether oxygens (including phenoxy) is 1. The maximum Gasteiger partial charge on any atom is 0.133 e. The van der Waals surface area contributed by atoms with Gasteiger partial charge in [-0.2, -0.15) is 0 Å². The molecule has 0 heterocycles. The van der Waals surface area contributed by atoms with Crippen LogP contribution in [0.2, 0.25) is 0 Å². The molecule has 0 aliphatic heterocycles. The molecule has 2 rings (SSSR count). The van der Waals surface area contributed by atoms with E-state index in [1.54, 1.807) is 13.2 Å². The fourth-order valence-electron chi connectivity index (χ4n) is 1.94. The van der Waals surface area contributed by atoms with E-state index in [1.165, 1.54) is 12.1 Å². The van der Waals surface area contributed by atoms with Crippen LogP contribution >= 0.6 is 31.9 Å². The van der Waals surface area contributed by atoms with E-state index in [-0.39, 0.29) is 5.82 Å². The lowest BCUT2D eigenvalue weighted by Gasteiger charge is -2.14. The Bertz CT molecular complexity index is 617. The van der Waals surface area contributed by atoms with Crippen molar-refractivity contribution in [2.45, 2.75) is 12.5 Å². The quantitative estimate of drug-likeness (QED) is 0.805. The Labute approximate surface area is 133 Å². The number of aliphatic hydroxyl groups is 1. The molecule has 0 aliphatic carbocycles. The van der Waals surface area contributed by atoms with Gasteiger partial charge in [-0.25, -0.2) is 4.39 Å². The fraction of sp³-hybridized carbons (Fsp3) is 0.200. The van der Waals surface area contributed by atoms with Crippen LogP contribution < -0.4 is 4.74 Å². The van der Waals surface area contributed by atoms with Crippen LogP contribution in [-0.2, 0) is 6.42 Å². The van der Waals surface area contributed by atoms with E-state index in [2.05, 4.69) is 31.9 Å². The highest BCUT2D eigenvalue weighted by Crippen LogP contribution is 2.30. The second kappa shape index (κ2) is 6.70. The van der Waals surface area contributed by atoms with Gasteiger partial charge in [-0.15, -0.1) is 0 Å². The minimum absolute atomic E-state index is 0.333. The van der Waals surface area contributed by atoms with Crippen molar-refractivity contribution in [3.05, 3.63) is 62.3 Å². The van der Waals surface area contributed by atoms with Gasteiger partial charge in [-0.1, -0.05) is 28.1 Å². The molecule has 0 fully saturated rings. The van der Waals surface area contributed by atoms with Crippen LogP contribution in [0, 0.1) is 5.82 Å². The third-order valence-corrected chi connectivity index (χ3v) is 4.27. The molecule has 2 aromatic rings. The highest BCUT2D eigenvalue weighted by atomic mass is 79.9. The summed E-state index contributed by atoms with van der Waals surface area (Å²) < 4.78 is 19.6. The molecule has 1 unspecified atom stereocenters. The smallest absolute Gasteiger partial charge is 0.133 e. The Morgan fingerprint density at radius 1 is 1.15 bits per heavy atom. The van der Waals surface area contributed by atoms with Crippen LogP contribution in [0.3, 0.4) is 0 Å². The summed E-state index contributed by atoms with van der Waals surface area (Å²) >= 11 is 6.68. The van der Waals surface area contributed by atoms with Crippen LogP contribution in [0.25, 0.3) is 0 Å². The largest absolute Gasteiger partial charge is 0.496 e. The van der Waals surface area contributed by atoms with Gasteiger partial charge in [0.1, 0.15) is 11.6 Å². The zero-order valence-corrected chi connectivity index (χ0v) is 13.9. The SMILES string of the molecule is COc1ccc(CC(O)c2ccc(F)cc2Br)cc1Br. The van der Waals surface area contributed by atoms with Gasteiger partial charge in [0.15, 0.2) is 0 Å². The molecule has 0 aliphatic rings. The van der Waals surface area contributed by atoms with Gasteiger partial charge in [0.2, 0.25) is 0 Å². The predicted molar refractivity (Wildman–Crippen MR) is 83.5 cm³/mol. The average Bonchev–Trinajstić information content (AvgIpc) is 2.38. The third kappa shape index (κ3) is 3.59. The van der Waals surface area contributed by atoms with Gasteiger partial charge < -0.3 is 9.84 Å². The minimum Gasteiger partial charge on any atom is -0.496 e.